The first-order chi connectivity index (χ1) is 11.4. The molecule has 0 aromatic heterocycles. The zero-order valence-corrected chi connectivity index (χ0v) is 16.1. The molecule has 1 aliphatic heterocycles. The van der Waals surface area contributed by atoms with Crippen LogP contribution in [0.3, 0.4) is 0 Å². The van der Waals surface area contributed by atoms with Crippen LogP contribution < -0.4 is 0 Å². The molecule has 2 atom stereocenters. The summed E-state index contributed by atoms with van der Waals surface area (Å²) in [5.74, 6) is -1.83. The molecule has 0 saturated carbocycles. The smallest absolute Gasteiger partial charge is 0.411 e. The summed E-state index contributed by atoms with van der Waals surface area (Å²) in [5, 5.41) is 10.3. The second kappa shape index (κ2) is 6.87. The Kier molecular flexibility index (Phi) is 5.38. The van der Waals surface area contributed by atoms with Crippen LogP contribution in [0.1, 0.15) is 58.9 Å². The molecule has 5 nitrogen and oxygen atoms in total. The zero-order valence-electron chi connectivity index (χ0n) is 15.4. The number of likely N-dealkylation sites (tertiary alicyclic amines) is 1. The maximum atomic E-state index is 12.8. The molecule has 1 saturated heterocycles. The lowest BCUT2D eigenvalue weighted by Gasteiger charge is -2.39. The number of carboxylic acid groups (broad SMARTS) is 1. The highest BCUT2D eigenvalue weighted by Crippen LogP contribution is 2.41. The van der Waals surface area contributed by atoms with Gasteiger partial charge in [0.1, 0.15) is 11.5 Å². The molecule has 1 aromatic rings. The predicted molar refractivity (Wildman–Crippen MR) is 97.0 cm³/mol. The van der Waals surface area contributed by atoms with Gasteiger partial charge in [0, 0.05) is 10.6 Å². The van der Waals surface area contributed by atoms with Crippen molar-refractivity contribution >= 4 is 23.7 Å². The molecule has 1 aromatic carbocycles. The number of benzene rings is 1. The summed E-state index contributed by atoms with van der Waals surface area (Å²) in [6.45, 7) is 9.28. The first kappa shape index (κ1) is 19.6. The summed E-state index contributed by atoms with van der Waals surface area (Å²) in [4.78, 5) is 26.4. The van der Waals surface area contributed by atoms with Gasteiger partial charge in [-0.25, -0.2) is 4.79 Å². The van der Waals surface area contributed by atoms with Gasteiger partial charge in [0.05, 0.1) is 6.04 Å². The molecule has 1 aliphatic rings. The van der Waals surface area contributed by atoms with E-state index < -0.39 is 35.2 Å². The van der Waals surface area contributed by atoms with Crippen molar-refractivity contribution in [3.8, 4) is 0 Å². The predicted octanol–water partition coefficient (Wildman–Crippen LogP) is 4.69. The van der Waals surface area contributed by atoms with Crippen LogP contribution in [-0.4, -0.2) is 39.3 Å². The lowest BCUT2D eigenvalue weighted by atomic mass is 9.90. The van der Waals surface area contributed by atoms with Crippen LogP contribution in [0, 0.1) is 0 Å². The summed E-state index contributed by atoms with van der Waals surface area (Å²) in [6.07, 6.45) is 0.824. The third-order valence-corrected chi connectivity index (χ3v) is 4.72. The average molecular weight is 368 g/mol. The lowest BCUT2D eigenvalue weighted by Crippen LogP contribution is -2.51. The van der Waals surface area contributed by atoms with Crippen LogP contribution in [0.15, 0.2) is 24.3 Å². The Morgan fingerprint density at radius 1 is 1.36 bits per heavy atom. The number of hydrogen-bond acceptors (Lipinski definition) is 3. The van der Waals surface area contributed by atoms with Gasteiger partial charge in [0.2, 0.25) is 0 Å². The van der Waals surface area contributed by atoms with Crippen LogP contribution in [0.25, 0.3) is 0 Å². The van der Waals surface area contributed by atoms with Crippen LogP contribution >= 0.6 is 11.6 Å². The van der Waals surface area contributed by atoms with E-state index >= 15 is 0 Å². The van der Waals surface area contributed by atoms with Gasteiger partial charge >= 0.3 is 12.1 Å². The van der Waals surface area contributed by atoms with Crippen molar-refractivity contribution in [2.24, 2.45) is 0 Å². The number of rotatable bonds is 3. The van der Waals surface area contributed by atoms with E-state index in [9.17, 15) is 14.7 Å². The summed E-state index contributed by atoms with van der Waals surface area (Å²) in [6, 6.07) is 6.34. The molecule has 25 heavy (non-hydrogen) atoms. The number of nitrogens with zero attached hydrogens (tertiary/aromatic N) is 1. The zero-order chi connectivity index (χ0) is 19.0. The van der Waals surface area contributed by atoms with E-state index in [-0.39, 0.29) is 0 Å². The van der Waals surface area contributed by atoms with Gasteiger partial charge in [-0.15, -0.1) is 0 Å². The molecule has 0 aliphatic carbocycles. The van der Waals surface area contributed by atoms with Gasteiger partial charge in [-0.1, -0.05) is 23.7 Å². The van der Waals surface area contributed by atoms with Crippen LogP contribution in [0.4, 0.5) is 4.79 Å². The number of amides is 1. The minimum absolute atomic E-state index is 0.473. The Bertz CT molecular complexity index is 666. The van der Waals surface area contributed by atoms with Gasteiger partial charge in [0.25, 0.3) is 0 Å². The summed E-state index contributed by atoms with van der Waals surface area (Å²) >= 11 is 6.04. The van der Waals surface area contributed by atoms with Crippen LogP contribution in [0.5, 0.6) is 0 Å². The van der Waals surface area contributed by atoms with Crippen molar-refractivity contribution in [1.29, 1.82) is 0 Å². The molecule has 0 spiro atoms. The maximum Gasteiger partial charge on any atom is 0.411 e. The standard InChI is InChI=1S/C19H26ClNO4/c1-18(2,3)25-17(24)21-14(9-10-19(21,4)5)15(16(22)23)12-7-6-8-13(20)11-12/h6-8,11,14-15H,9-10H2,1-5H3,(H,22,23). The number of carboxylic acids is 1. The van der Waals surface area contributed by atoms with Crippen molar-refractivity contribution in [2.45, 2.75) is 70.6 Å². The molecule has 1 amide bonds. The van der Waals surface area contributed by atoms with Gasteiger partial charge in [0.15, 0.2) is 0 Å². The van der Waals surface area contributed by atoms with Crippen molar-refractivity contribution in [3.63, 3.8) is 0 Å². The molecule has 138 valence electrons. The molecule has 2 rings (SSSR count). The number of ether oxygens (including phenoxy) is 1. The van der Waals surface area contributed by atoms with E-state index in [2.05, 4.69) is 0 Å². The Balaban J connectivity index is 2.42. The number of carbonyl (C=O) groups is 2. The number of aliphatic carboxylic acids is 1. The largest absolute Gasteiger partial charge is 0.481 e. The van der Waals surface area contributed by atoms with Gasteiger partial charge < -0.3 is 9.84 Å². The molecule has 6 heteroatoms. The minimum Gasteiger partial charge on any atom is -0.481 e. The molecule has 1 N–H and O–H groups in total. The van der Waals surface area contributed by atoms with Gasteiger partial charge in [-0.05, 0) is 65.2 Å². The van der Waals surface area contributed by atoms with E-state index in [1.54, 1.807) is 49.9 Å². The highest BCUT2D eigenvalue weighted by atomic mass is 35.5. The maximum absolute atomic E-state index is 12.8. The normalized spacial score (nSPS) is 21.0. The van der Waals surface area contributed by atoms with E-state index in [4.69, 9.17) is 16.3 Å². The van der Waals surface area contributed by atoms with E-state index in [0.717, 1.165) is 0 Å². The second-order valence-electron chi connectivity index (χ2n) is 8.14. The second-order valence-corrected chi connectivity index (χ2v) is 8.58. The Hall–Kier alpha value is -1.75. The number of hydrogen-bond donors (Lipinski definition) is 1. The van der Waals surface area contributed by atoms with E-state index in [1.165, 1.54) is 0 Å². The molecule has 0 bridgehead atoms. The average Bonchev–Trinajstić information content (AvgIpc) is 2.72. The Morgan fingerprint density at radius 2 is 2.00 bits per heavy atom. The number of carbonyl (C=O) groups excluding carboxylic acids is 1. The fraction of sp³-hybridized carbons (Fsp3) is 0.579. The lowest BCUT2D eigenvalue weighted by molar-refractivity contribution is -0.140. The third-order valence-electron chi connectivity index (χ3n) is 4.48. The first-order valence-corrected chi connectivity index (χ1v) is 8.81. The highest BCUT2D eigenvalue weighted by molar-refractivity contribution is 6.30. The molecular weight excluding hydrogens is 342 g/mol. The monoisotopic (exact) mass is 367 g/mol. The van der Waals surface area contributed by atoms with E-state index in [1.807, 2.05) is 13.8 Å². The third kappa shape index (κ3) is 4.46. The Morgan fingerprint density at radius 3 is 2.52 bits per heavy atom. The molecule has 1 fully saturated rings. The van der Waals surface area contributed by atoms with Crippen molar-refractivity contribution in [3.05, 3.63) is 34.9 Å². The minimum atomic E-state index is -0.974. The summed E-state index contributed by atoms with van der Waals surface area (Å²) in [5.41, 5.74) is -0.523. The SMILES string of the molecule is CC(C)(C)OC(=O)N1C(C(C(=O)O)c2cccc(Cl)c2)CCC1(C)C. The van der Waals surface area contributed by atoms with Crippen molar-refractivity contribution in [1.82, 2.24) is 4.90 Å². The Labute approximate surface area is 153 Å². The topological polar surface area (TPSA) is 66.8 Å². The molecular formula is C19H26ClNO4. The van der Waals surface area contributed by atoms with Crippen molar-refractivity contribution in [2.75, 3.05) is 0 Å². The molecule has 1 heterocycles. The molecule has 0 radical (unpaired) electrons. The fourth-order valence-electron chi connectivity index (χ4n) is 3.44. The quantitative estimate of drug-likeness (QED) is 0.841. The van der Waals surface area contributed by atoms with Crippen LogP contribution in [0.2, 0.25) is 5.02 Å². The van der Waals surface area contributed by atoms with Gasteiger partial charge in [-0.3, -0.25) is 9.69 Å². The first-order valence-electron chi connectivity index (χ1n) is 8.43. The summed E-state index contributed by atoms with van der Waals surface area (Å²) in [7, 11) is 0. The van der Waals surface area contributed by atoms with Gasteiger partial charge in [-0.2, -0.15) is 0 Å². The fourth-order valence-corrected chi connectivity index (χ4v) is 3.64. The number of halogens is 1. The van der Waals surface area contributed by atoms with Crippen LogP contribution in [-0.2, 0) is 9.53 Å². The van der Waals surface area contributed by atoms with E-state index in [0.29, 0.717) is 23.4 Å². The molecule has 2 unspecified atom stereocenters. The van der Waals surface area contributed by atoms with Crippen molar-refractivity contribution < 1.29 is 19.4 Å². The summed E-state index contributed by atoms with van der Waals surface area (Å²) < 4.78 is 5.55. The highest BCUT2D eigenvalue weighted by Gasteiger charge is 2.49.